The summed E-state index contributed by atoms with van der Waals surface area (Å²) in [6.07, 6.45) is 0. The van der Waals surface area contributed by atoms with E-state index < -0.39 is 5.41 Å². The van der Waals surface area contributed by atoms with Gasteiger partial charge in [-0.25, -0.2) is 0 Å². The van der Waals surface area contributed by atoms with Crippen molar-refractivity contribution in [3.63, 3.8) is 0 Å². The lowest BCUT2D eigenvalue weighted by Crippen LogP contribution is -2.60. The van der Waals surface area contributed by atoms with Crippen LogP contribution in [-0.4, -0.2) is 6.71 Å². The van der Waals surface area contributed by atoms with Crippen molar-refractivity contribution in [2.75, 3.05) is 9.80 Å². The number of hydrogen-bond acceptors (Lipinski definition) is 3. The van der Waals surface area contributed by atoms with E-state index >= 15 is 0 Å². The average Bonchev–Trinajstić information content (AvgIpc) is 3.99. The Hall–Kier alpha value is -7.40. The summed E-state index contributed by atoms with van der Waals surface area (Å²) in [7, 11) is 0. The summed E-state index contributed by atoms with van der Waals surface area (Å²) in [5.41, 5.74) is 31.0. The van der Waals surface area contributed by atoms with Crippen LogP contribution in [-0.2, 0) is 5.41 Å². The molecule has 14 rings (SSSR count). The summed E-state index contributed by atoms with van der Waals surface area (Å²) in [5.74, 6) is 0.877. The molecule has 1 aromatic heterocycles. The van der Waals surface area contributed by atoms with Crippen LogP contribution >= 0.6 is 11.3 Å². The highest BCUT2D eigenvalue weighted by molar-refractivity contribution is 7.33. The number of hydrogen-bond donors (Lipinski definition) is 0. The van der Waals surface area contributed by atoms with Crippen LogP contribution in [0.15, 0.2) is 176 Å². The summed E-state index contributed by atoms with van der Waals surface area (Å²) in [5, 5.41) is 1.31. The van der Waals surface area contributed by atoms with Crippen molar-refractivity contribution in [1.29, 1.82) is 0 Å². The number of thiophene rings is 1. The summed E-state index contributed by atoms with van der Waals surface area (Å²) < 4.78 is 2.73. The van der Waals surface area contributed by atoms with Crippen molar-refractivity contribution in [1.82, 2.24) is 0 Å². The molecule has 0 N–H and O–H groups in total. The third-order valence-electron chi connectivity index (χ3n) is 16.6. The molecule has 2 aliphatic carbocycles. The van der Waals surface area contributed by atoms with E-state index in [9.17, 15) is 0 Å². The van der Waals surface area contributed by atoms with Gasteiger partial charge in [-0.15, -0.1) is 11.3 Å². The Kier molecular flexibility index (Phi) is 9.16. The van der Waals surface area contributed by atoms with E-state index in [4.69, 9.17) is 0 Å². The molecule has 1 spiro atoms. The molecule has 9 aromatic carbocycles. The number of rotatable bonds is 5. The minimum atomic E-state index is -0.421. The highest BCUT2D eigenvalue weighted by Gasteiger charge is 2.53. The zero-order valence-electron chi connectivity index (χ0n) is 41.8. The van der Waals surface area contributed by atoms with Gasteiger partial charge in [0.15, 0.2) is 0 Å². The summed E-state index contributed by atoms with van der Waals surface area (Å²) >= 11 is 2.01. The first kappa shape index (κ1) is 42.5. The maximum absolute atomic E-state index is 2.64. The van der Waals surface area contributed by atoms with Crippen LogP contribution in [0, 0.1) is 27.7 Å². The fourth-order valence-corrected chi connectivity index (χ4v) is 14.7. The van der Waals surface area contributed by atoms with Crippen LogP contribution < -0.4 is 25.5 Å². The van der Waals surface area contributed by atoms with Crippen molar-refractivity contribution >= 4 is 78.0 Å². The molecule has 3 heterocycles. The predicted molar refractivity (Wildman–Crippen MR) is 305 cm³/mol. The van der Waals surface area contributed by atoms with Gasteiger partial charge in [0.05, 0.1) is 11.1 Å². The van der Waals surface area contributed by atoms with Crippen molar-refractivity contribution in [2.24, 2.45) is 0 Å². The van der Waals surface area contributed by atoms with Gasteiger partial charge >= 0.3 is 0 Å². The molecular weight excluding hydrogens is 876 g/mol. The third-order valence-corrected chi connectivity index (χ3v) is 17.8. The van der Waals surface area contributed by atoms with E-state index in [1.807, 2.05) is 11.3 Å². The first-order valence-corrected chi connectivity index (χ1v) is 26.4. The predicted octanol–water partition coefficient (Wildman–Crippen LogP) is 16.5. The Bertz CT molecular complexity index is 3830. The largest absolute Gasteiger partial charge is 0.311 e. The van der Waals surface area contributed by atoms with Gasteiger partial charge in [-0.05, 0) is 189 Å². The molecular formula is C67H55BN2S. The van der Waals surface area contributed by atoms with Gasteiger partial charge < -0.3 is 9.80 Å². The van der Waals surface area contributed by atoms with Crippen LogP contribution in [0.25, 0.3) is 43.5 Å². The van der Waals surface area contributed by atoms with Crippen molar-refractivity contribution in [2.45, 2.75) is 72.6 Å². The molecule has 10 aromatic rings. The first-order chi connectivity index (χ1) is 34.5. The zero-order chi connectivity index (χ0) is 48.2. The Balaban J connectivity index is 1.09. The molecule has 71 heavy (non-hydrogen) atoms. The molecule has 2 nitrogen and oxygen atoms in total. The maximum Gasteiger partial charge on any atom is 0.264 e. The minimum absolute atomic E-state index is 0.0130. The highest BCUT2D eigenvalue weighted by atomic mass is 32.1. The van der Waals surface area contributed by atoms with Gasteiger partial charge in [-0.2, -0.15) is 0 Å². The number of nitrogens with zero attached hydrogens (tertiary/aromatic N) is 2. The maximum atomic E-state index is 2.64. The van der Waals surface area contributed by atoms with Crippen LogP contribution in [0.5, 0.6) is 0 Å². The summed E-state index contributed by atoms with van der Waals surface area (Å²) in [6.45, 7) is 18.2. The quantitative estimate of drug-likeness (QED) is 0.159. The lowest BCUT2D eigenvalue weighted by Gasteiger charge is -2.43. The van der Waals surface area contributed by atoms with Gasteiger partial charge in [0.25, 0.3) is 6.71 Å². The number of fused-ring (bicyclic) bond motifs is 16. The van der Waals surface area contributed by atoms with Crippen LogP contribution in [0.1, 0.15) is 95.2 Å². The second-order valence-electron chi connectivity index (χ2n) is 21.5. The topological polar surface area (TPSA) is 6.48 Å². The van der Waals surface area contributed by atoms with Crippen LogP contribution in [0.2, 0.25) is 0 Å². The standard InChI is InChI=1S/C67H55BN2S/c1-38(2)44-21-26-47(27-22-44)69-59-35-46(63-42(7)14-13-15-43(63)8)25-31-58(59)68-64-60(69)33-41(6)34-61(64)70(48-28-23-45(24-29-48)39(3)4)65-53-36-52-51-30-20-40(5)32-56(51)67(57(52)37-62(53)71-66(65)68)54-18-11-9-16-49(54)50-17-10-12-19-55(50)67/h9-39H,1-8H3. The molecule has 0 fully saturated rings. The number of aryl methyl sites for hydroxylation is 4. The van der Waals surface area contributed by atoms with Gasteiger partial charge in [-0.3, -0.25) is 0 Å². The van der Waals surface area contributed by atoms with Crippen molar-refractivity contribution in [3.05, 3.63) is 232 Å². The molecule has 0 saturated carbocycles. The zero-order valence-corrected chi connectivity index (χ0v) is 42.6. The van der Waals surface area contributed by atoms with E-state index in [0.29, 0.717) is 11.8 Å². The lowest BCUT2D eigenvalue weighted by atomic mass is 9.36. The summed E-state index contributed by atoms with van der Waals surface area (Å²) in [4.78, 5) is 5.23. The molecule has 0 radical (unpaired) electrons. The molecule has 0 saturated heterocycles. The SMILES string of the molecule is Cc1cc2c3c(c1)N(c1ccc(C(C)C)cc1)c1c(sc4cc5c(cc14)-c1ccc(C)cc1C51c4ccccc4-c4ccccc41)B3c1ccc(-c3c(C)cccc3C)cc1N2c1ccc(C(C)C)cc1. The number of anilines is 6. The first-order valence-electron chi connectivity index (χ1n) is 25.6. The number of benzene rings is 9. The van der Waals surface area contributed by atoms with Gasteiger partial charge in [0.2, 0.25) is 0 Å². The van der Waals surface area contributed by atoms with E-state index in [1.165, 1.54) is 149 Å². The highest BCUT2D eigenvalue weighted by Crippen LogP contribution is 2.64. The molecule has 0 amide bonds. The fourth-order valence-electron chi connectivity index (χ4n) is 13.3. The van der Waals surface area contributed by atoms with E-state index in [2.05, 4.69) is 241 Å². The fraction of sp³-hybridized carbons (Fsp3) is 0.164. The Morgan fingerprint density at radius 2 is 1.04 bits per heavy atom. The Morgan fingerprint density at radius 1 is 0.465 bits per heavy atom. The van der Waals surface area contributed by atoms with E-state index in [0.717, 1.165) is 0 Å². The van der Waals surface area contributed by atoms with E-state index in [1.54, 1.807) is 0 Å². The molecule has 4 aliphatic rings. The molecule has 4 heteroatoms. The Morgan fingerprint density at radius 3 is 1.68 bits per heavy atom. The van der Waals surface area contributed by atoms with E-state index in [-0.39, 0.29) is 6.71 Å². The second-order valence-corrected chi connectivity index (χ2v) is 22.5. The van der Waals surface area contributed by atoms with Crippen molar-refractivity contribution in [3.8, 4) is 33.4 Å². The Labute approximate surface area is 423 Å². The van der Waals surface area contributed by atoms with Crippen LogP contribution in [0.4, 0.5) is 34.1 Å². The van der Waals surface area contributed by atoms with Crippen molar-refractivity contribution < 1.29 is 0 Å². The van der Waals surface area contributed by atoms with Crippen LogP contribution in [0.3, 0.4) is 0 Å². The third kappa shape index (κ3) is 5.83. The van der Waals surface area contributed by atoms with Gasteiger partial charge in [0.1, 0.15) is 0 Å². The monoisotopic (exact) mass is 930 g/mol. The molecule has 0 atom stereocenters. The second kappa shape index (κ2) is 15.3. The average molecular weight is 931 g/mol. The summed E-state index contributed by atoms with van der Waals surface area (Å²) in [6, 6.07) is 68.7. The smallest absolute Gasteiger partial charge is 0.264 e. The van der Waals surface area contributed by atoms with Gasteiger partial charge in [0, 0.05) is 43.3 Å². The molecule has 0 bridgehead atoms. The lowest BCUT2D eigenvalue weighted by molar-refractivity contribution is 0.794. The van der Waals surface area contributed by atoms with Gasteiger partial charge in [-0.1, -0.05) is 155 Å². The molecule has 2 aliphatic heterocycles. The molecule has 0 unspecified atom stereocenters. The normalized spacial score (nSPS) is 14.2. The molecule has 342 valence electrons. The minimum Gasteiger partial charge on any atom is -0.311 e.